The van der Waals surface area contributed by atoms with Crippen molar-refractivity contribution >= 4 is 0 Å². The molecule has 128 valence electrons. The molecule has 0 spiro atoms. The summed E-state index contributed by atoms with van der Waals surface area (Å²) in [6, 6.07) is 13.7. The van der Waals surface area contributed by atoms with E-state index in [1.165, 1.54) is 0 Å². The van der Waals surface area contributed by atoms with Crippen molar-refractivity contribution in [1.82, 2.24) is 9.88 Å². The Morgan fingerprint density at radius 2 is 2.21 bits per heavy atom. The molecule has 1 N–H and O–H groups in total. The number of aryl methyl sites for hydroxylation is 1. The molecule has 0 bridgehead atoms. The first-order valence-corrected chi connectivity index (χ1v) is 8.25. The SMILES string of the molecule is Cc1cccc(OC[C@]2(O)COCCN(Cc3ccccn3)C2)c1. The highest BCUT2D eigenvalue weighted by Crippen LogP contribution is 2.18. The van der Waals surface area contributed by atoms with Gasteiger partial charge in [0.05, 0.1) is 18.9 Å². The molecule has 1 aliphatic rings. The van der Waals surface area contributed by atoms with Crippen LogP contribution in [0.1, 0.15) is 11.3 Å². The zero-order valence-electron chi connectivity index (χ0n) is 14.0. The summed E-state index contributed by atoms with van der Waals surface area (Å²) in [5, 5.41) is 10.9. The van der Waals surface area contributed by atoms with E-state index >= 15 is 0 Å². The lowest BCUT2D eigenvalue weighted by molar-refractivity contribution is -0.0647. The van der Waals surface area contributed by atoms with Gasteiger partial charge in [0, 0.05) is 25.8 Å². The van der Waals surface area contributed by atoms with Gasteiger partial charge in [-0.3, -0.25) is 9.88 Å². The number of β-amino-alcohol motifs (C(OH)–C–C–N with tert-alkyl or cyclic N) is 1. The minimum absolute atomic E-state index is 0.204. The van der Waals surface area contributed by atoms with Gasteiger partial charge < -0.3 is 14.6 Å². The third kappa shape index (κ3) is 4.77. The molecular formula is C19H24N2O3. The Balaban J connectivity index is 1.62. The number of aromatic nitrogens is 1. The fourth-order valence-electron chi connectivity index (χ4n) is 2.86. The highest BCUT2D eigenvalue weighted by molar-refractivity contribution is 5.27. The maximum absolute atomic E-state index is 10.9. The molecular weight excluding hydrogens is 304 g/mol. The van der Waals surface area contributed by atoms with Gasteiger partial charge in [-0.2, -0.15) is 0 Å². The summed E-state index contributed by atoms with van der Waals surface area (Å²) >= 11 is 0. The van der Waals surface area contributed by atoms with Crippen LogP contribution in [0.3, 0.4) is 0 Å². The van der Waals surface area contributed by atoms with Gasteiger partial charge in [0.1, 0.15) is 18.0 Å². The number of aliphatic hydroxyl groups is 1. The van der Waals surface area contributed by atoms with E-state index in [1.54, 1.807) is 6.20 Å². The van der Waals surface area contributed by atoms with Gasteiger partial charge >= 0.3 is 0 Å². The Hall–Kier alpha value is -1.95. The predicted molar refractivity (Wildman–Crippen MR) is 92.0 cm³/mol. The van der Waals surface area contributed by atoms with E-state index in [4.69, 9.17) is 9.47 Å². The largest absolute Gasteiger partial charge is 0.490 e. The van der Waals surface area contributed by atoms with E-state index in [2.05, 4.69) is 9.88 Å². The van der Waals surface area contributed by atoms with Crippen LogP contribution in [0, 0.1) is 6.92 Å². The molecule has 0 radical (unpaired) electrons. The molecule has 0 saturated carbocycles. The third-order valence-electron chi connectivity index (χ3n) is 4.05. The van der Waals surface area contributed by atoms with Gasteiger partial charge in [0.25, 0.3) is 0 Å². The maximum atomic E-state index is 10.9. The summed E-state index contributed by atoms with van der Waals surface area (Å²) in [6.07, 6.45) is 1.79. The van der Waals surface area contributed by atoms with E-state index in [0.29, 0.717) is 19.7 Å². The highest BCUT2D eigenvalue weighted by atomic mass is 16.5. The minimum Gasteiger partial charge on any atom is -0.490 e. The molecule has 0 amide bonds. The minimum atomic E-state index is -1.03. The zero-order valence-corrected chi connectivity index (χ0v) is 14.0. The second-order valence-electron chi connectivity index (χ2n) is 6.41. The molecule has 1 atom stereocenters. The molecule has 1 aliphatic heterocycles. The number of hydrogen-bond acceptors (Lipinski definition) is 5. The number of benzene rings is 1. The third-order valence-corrected chi connectivity index (χ3v) is 4.05. The van der Waals surface area contributed by atoms with Crippen LogP contribution >= 0.6 is 0 Å². The summed E-state index contributed by atoms with van der Waals surface area (Å²) in [5.74, 6) is 0.768. The van der Waals surface area contributed by atoms with Crippen molar-refractivity contribution in [2.45, 2.75) is 19.1 Å². The summed E-state index contributed by atoms with van der Waals surface area (Å²) in [5.41, 5.74) is 1.09. The first kappa shape index (κ1) is 16.9. The molecule has 0 unspecified atom stereocenters. The van der Waals surface area contributed by atoms with E-state index < -0.39 is 5.60 Å². The standard InChI is InChI=1S/C19H24N2O3/c1-16-5-4-7-18(11-16)24-15-19(22)13-21(9-10-23-14-19)12-17-6-2-3-8-20-17/h2-8,11,22H,9-10,12-15H2,1H3/t19-/m1/s1. The van der Waals surface area contributed by atoms with Crippen LogP contribution in [0.25, 0.3) is 0 Å². The van der Waals surface area contributed by atoms with Crippen molar-refractivity contribution < 1.29 is 14.6 Å². The van der Waals surface area contributed by atoms with Gasteiger partial charge in [-0.15, -0.1) is 0 Å². The predicted octanol–water partition coefficient (Wildman–Crippen LogP) is 2.03. The molecule has 5 nitrogen and oxygen atoms in total. The van der Waals surface area contributed by atoms with Gasteiger partial charge in [-0.1, -0.05) is 18.2 Å². The molecule has 5 heteroatoms. The van der Waals surface area contributed by atoms with Crippen molar-refractivity contribution in [1.29, 1.82) is 0 Å². The highest BCUT2D eigenvalue weighted by Gasteiger charge is 2.33. The first-order valence-electron chi connectivity index (χ1n) is 8.25. The lowest BCUT2D eigenvalue weighted by Crippen LogP contribution is -2.48. The topological polar surface area (TPSA) is 54.8 Å². The number of ether oxygens (including phenoxy) is 2. The lowest BCUT2D eigenvalue weighted by atomic mass is 10.1. The Morgan fingerprint density at radius 3 is 3.00 bits per heavy atom. The number of rotatable bonds is 5. The van der Waals surface area contributed by atoms with Crippen LogP contribution in [-0.4, -0.2) is 53.5 Å². The summed E-state index contributed by atoms with van der Waals surface area (Å²) in [7, 11) is 0. The summed E-state index contributed by atoms with van der Waals surface area (Å²) in [4.78, 5) is 6.52. The average molecular weight is 328 g/mol. The fourth-order valence-corrected chi connectivity index (χ4v) is 2.86. The van der Waals surface area contributed by atoms with E-state index in [-0.39, 0.29) is 13.2 Å². The normalized spacial score (nSPS) is 22.1. The molecule has 2 heterocycles. The van der Waals surface area contributed by atoms with Gasteiger partial charge in [0.2, 0.25) is 0 Å². The molecule has 2 aromatic rings. The quantitative estimate of drug-likeness (QED) is 0.910. The van der Waals surface area contributed by atoms with Crippen LogP contribution in [-0.2, 0) is 11.3 Å². The second kappa shape index (κ2) is 7.75. The number of pyridine rings is 1. The monoisotopic (exact) mass is 328 g/mol. The maximum Gasteiger partial charge on any atom is 0.134 e. The molecule has 1 aromatic carbocycles. The van der Waals surface area contributed by atoms with Crippen LogP contribution in [0.5, 0.6) is 5.75 Å². The average Bonchev–Trinajstić information content (AvgIpc) is 2.76. The summed E-state index contributed by atoms with van der Waals surface area (Å²) < 4.78 is 11.4. The van der Waals surface area contributed by atoms with Crippen molar-refractivity contribution in [3.63, 3.8) is 0 Å². The Kier molecular flexibility index (Phi) is 5.45. The second-order valence-corrected chi connectivity index (χ2v) is 6.41. The van der Waals surface area contributed by atoms with Gasteiger partial charge in [0.15, 0.2) is 0 Å². The fraction of sp³-hybridized carbons (Fsp3) is 0.421. The van der Waals surface area contributed by atoms with Crippen LogP contribution in [0.15, 0.2) is 48.7 Å². The summed E-state index contributed by atoms with van der Waals surface area (Å²) in [6.45, 7) is 5.05. The van der Waals surface area contributed by atoms with Crippen LogP contribution in [0.4, 0.5) is 0 Å². The Bertz CT molecular complexity index is 650. The molecule has 24 heavy (non-hydrogen) atoms. The lowest BCUT2D eigenvalue weighted by Gasteiger charge is -2.30. The van der Waals surface area contributed by atoms with Gasteiger partial charge in [-0.25, -0.2) is 0 Å². The van der Waals surface area contributed by atoms with Crippen molar-refractivity contribution in [2.75, 3.05) is 32.9 Å². The molecule has 1 aromatic heterocycles. The van der Waals surface area contributed by atoms with E-state index in [1.807, 2.05) is 49.4 Å². The van der Waals surface area contributed by atoms with Crippen molar-refractivity contribution in [2.24, 2.45) is 0 Å². The van der Waals surface area contributed by atoms with Crippen LogP contribution < -0.4 is 4.74 Å². The van der Waals surface area contributed by atoms with Gasteiger partial charge in [-0.05, 0) is 36.8 Å². The van der Waals surface area contributed by atoms with E-state index in [9.17, 15) is 5.11 Å². The Morgan fingerprint density at radius 1 is 1.29 bits per heavy atom. The molecule has 1 fully saturated rings. The van der Waals surface area contributed by atoms with E-state index in [0.717, 1.165) is 23.6 Å². The van der Waals surface area contributed by atoms with Crippen molar-refractivity contribution in [3.05, 3.63) is 59.9 Å². The van der Waals surface area contributed by atoms with Crippen LogP contribution in [0.2, 0.25) is 0 Å². The number of nitrogens with zero attached hydrogens (tertiary/aromatic N) is 2. The Labute approximate surface area is 142 Å². The first-order chi connectivity index (χ1) is 11.6. The zero-order chi connectivity index (χ0) is 16.8. The molecule has 3 rings (SSSR count). The molecule has 1 saturated heterocycles. The van der Waals surface area contributed by atoms with Crippen molar-refractivity contribution in [3.8, 4) is 5.75 Å². The number of hydrogen-bond donors (Lipinski definition) is 1. The molecule has 0 aliphatic carbocycles. The smallest absolute Gasteiger partial charge is 0.134 e.